The minimum Gasteiger partial charge on any atom is -0.388 e. The molecule has 0 saturated carbocycles. The summed E-state index contributed by atoms with van der Waals surface area (Å²) >= 11 is 0. The minimum atomic E-state index is -0.749. The van der Waals surface area contributed by atoms with E-state index in [2.05, 4.69) is 0 Å². The first-order valence-corrected chi connectivity index (χ1v) is 3.40. The highest BCUT2D eigenvalue weighted by molar-refractivity contribution is 4.88. The summed E-state index contributed by atoms with van der Waals surface area (Å²) in [5.41, 5.74) is 0. The molecule has 2 aliphatic rings. The molecule has 4 atom stereocenters. The van der Waals surface area contributed by atoms with E-state index in [4.69, 9.17) is 14.6 Å². The zero-order chi connectivity index (χ0) is 7.14. The fourth-order valence-electron chi connectivity index (χ4n) is 1.44. The van der Waals surface area contributed by atoms with Crippen molar-refractivity contribution in [3.63, 3.8) is 0 Å². The van der Waals surface area contributed by atoms with E-state index in [-0.39, 0.29) is 12.2 Å². The van der Waals surface area contributed by atoms with Crippen LogP contribution in [-0.4, -0.2) is 41.4 Å². The Morgan fingerprint density at radius 1 is 1.20 bits per heavy atom. The highest BCUT2D eigenvalue weighted by atomic mass is 16.7. The van der Waals surface area contributed by atoms with Gasteiger partial charge in [-0.3, -0.25) is 0 Å². The van der Waals surface area contributed by atoms with Crippen molar-refractivity contribution in [1.29, 1.82) is 0 Å². The van der Waals surface area contributed by atoms with Crippen LogP contribution in [0.25, 0.3) is 0 Å². The molecule has 10 heavy (non-hydrogen) atoms. The molecule has 0 aromatic heterocycles. The smallest absolute Gasteiger partial charge is 0.157 e. The molecule has 4 nitrogen and oxygen atoms in total. The Morgan fingerprint density at radius 3 is 2.70 bits per heavy atom. The van der Waals surface area contributed by atoms with E-state index < -0.39 is 12.4 Å². The molecular formula is C6H10O4. The van der Waals surface area contributed by atoms with Crippen LogP contribution in [0.4, 0.5) is 0 Å². The molecule has 2 heterocycles. The van der Waals surface area contributed by atoms with Gasteiger partial charge in [-0.05, 0) is 0 Å². The first-order chi connectivity index (χ1) is 4.77. The number of aliphatic hydroxyl groups is 2. The lowest BCUT2D eigenvalue weighted by molar-refractivity contribution is -0.188. The van der Waals surface area contributed by atoms with Crippen molar-refractivity contribution in [2.75, 3.05) is 6.61 Å². The van der Waals surface area contributed by atoms with Gasteiger partial charge in [0.15, 0.2) is 6.29 Å². The fraction of sp³-hybridized carbons (Fsp3) is 1.00. The van der Waals surface area contributed by atoms with E-state index in [0.717, 1.165) is 0 Å². The van der Waals surface area contributed by atoms with Crippen LogP contribution in [0, 0.1) is 0 Å². The summed E-state index contributed by atoms with van der Waals surface area (Å²) < 4.78 is 10.1. The molecule has 0 unspecified atom stereocenters. The van der Waals surface area contributed by atoms with Gasteiger partial charge in [-0.1, -0.05) is 0 Å². The van der Waals surface area contributed by atoms with E-state index in [9.17, 15) is 5.11 Å². The van der Waals surface area contributed by atoms with Crippen molar-refractivity contribution in [3.8, 4) is 0 Å². The molecule has 2 saturated heterocycles. The molecule has 0 spiro atoms. The van der Waals surface area contributed by atoms with E-state index in [1.54, 1.807) is 0 Å². The Hall–Kier alpha value is -0.160. The second-order valence-corrected chi connectivity index (χ2v) is 2.73. The largest absolute Gasteiger partial charge is 0.388 e. The minimum absolute atomic E-state index is 0.214. The zero-order valence-electron chi connectivity index (χ0n) is 5.43. The van der Waals surface area contributed by atoms with Crippen LogP contribution in [-0.2, 0) is 9.47 Å². The average molecular weight is 146 g/mol. The Labute approximate surface area is 58.4 Å². The summed E-state index contributed by atoms with van der Waals surface area (Å²) in [5, 5.41) is 18.3. The van der Waals surface area contributed by atoms with E-state index >= 15 is 0 Å². The summed E-state index contributed by atoms with van der Waals surface area (Å²) in [7, 11) is 0. The summed E-state index contributed by atoms with van der Waals surface area (Å²) in [4.78, 5) is 0. The molecule has 2 bridgehead atoms. The topological polar surface area (TPSA) is 58.9 Å². The van der Waals surface area contributed by atoms with Crippen molar-refractivity contribution in [2.24, 2.45) is 0 Å². The second-order valence-electron chi connectivity index (χ2n) is 2.73. The van der Waals surface area contributed by atoms with Crippen LogP contribution in [0.3, 0.4) is 0 Å². The number of ether oxygens (including phenoxy) is 2. The van der Waals surface area contributed by atoms with Gasteiger partial charge >= 0.3 is 0 Å². The van der Waals surface area contributed by atoms with Crippen LogP contribution in [0.2, 0.25) is 0 Å². The molecule has 0 aromatic rings. The van der Waals surface area contributed by atoms with Gasteiger partial charge in [0.25, 0.3) is 0 Å². The van der Waals surface area contributed by atoms with Gasteiger partial charge in [0.05, 0.1) is 12.7 Å². The van der Waals surface area contributed by atoms with Gasteiger partial charge in [0.2, 0.25) is 0 Å². The Kier molecular flexibility index (Phi) is 1.42. The SMILES string of the molecule is O[C@@H]1[C@H]2C[C@@H](O)O[C@@H]1CO2. The maximum atomic E-state index is 9.27. The lowest BCUT2D eigenvalue weighted by Gasteiger charge is -2.27. The van der Waals surface area contributed by atoms with Crippen molar-refractivity contribution < 1.29 is 19.7 Å². The van der Waals surface area contributed by atoms with Gasteiger partial charge in [-0.2, -0.15) is 0 Å². The molecule has 2 N–H and O–H groups in total. The molecule has 0 amide bonds. The second kappa shape index (κ2) is 2.17. The first-order valence-electron chi connectivity index (χ1n) is 3.40. The van der Waals surface area contributed by atoms with Gasteiger partial charge in [0, 0.05) is 6.42 Å². The Morgan fingerprint density at radius 2 is 2.00 bits per heavy atom. The third-order valence-corrected chi connectivity index (χ3v) is 2.00. The van der Waals surface area contributed by atoms with E-state index in [1.807, 2.05) is 0 Å². The van der Waals surface area contributed by atoms with Gasteiger partial charge < -0.3 is 19.7 Å². The molecule has 2 fully saturated rings. The highest BCUT2D eigenvalue weighted by Gasteiger charge is 2.43. The fourth-order valence-corrected chi connectivity index (χ4v) is 1.44. The summed E-state index contributed by atoms with van der Waals surface area (Å²) in [5.74, 6) is 0. The van der Waals surface area contributed by atoms with Crippen molar-refractivity contribution in [1.82, 2.24) is 0 Å². The predicted molar refractivity (Wildman–Crippen MR) is 31.2 cm³/mol. The van der Waals surface area contributed by atoms with Crippen LogP contribution in [0.15, 0.2) is 0 Å². The van der Waals surface area contributed by atoms with E-state index in [0.29, 0.717) is 13.0 Å². The zero-order valence-corrected chi connectivity index (χ0v) is 5.43. The number of fused-ring (bicyclic) bond motifs is 2. The van der Waals surface area contributed by atoms with Crippen molar-refractivity contribution in [2.45, 2.75) is 31.0 Å². The third kappa shape index (κ3) is 0.845. The molecule has 2 aliphatic heterocycles. The van der Waals surface area contributed by atoms with E-state index in [1.165, 1.54) is 0 Å². The Bertz CT molecular complexity index is 124. The third-order valence-electron chi connectivity index (χ3n) is 2.00. The average Bonchev–Trinajstić information content (AvgIpc) is 2.20. The molecule has 58 valence electrons. The Balaban J connectivity index is 2.09. The van der Waals surface area contributed by atoms with Crippen molar-refractivity contribution in [3.05, 3.63) is 0 Å². The molecule has 0 aromatic carbocycles. The van der Waals surface area contributed by atoms with Crippen LogP contribution in [0.5, 0.6) is 0 Å². The summed E-state index contributed by atoms with van der Waals surface area (Å²) in [6.45, 7) is 0.406. The molecule has 0 aliphatic carbocycles. The van der Waals surface area contributed by atoms with Crippen LogP contribution in [0.1, 0.15) is 6.42 Å². The standard InChI is InChI=1S/C6H10O4/c7-5-1-3-6(8)4(10-5)2-9-3/h3-8H,1-2H2/t3-,4-,5+,6-/m1/s1. The lowest BCUT2D eigenvalue weighted by Crippen LogP contribution is -2.42. The molecule has 2 rings (SSSR count). The number of rotatable bonds is 0. The summed E-state index contributed by atoms with van der Waals surface area (Å²) in [6, 6.07) is 0. The maximum Gasteiger partial charge on any atom is 0.157 e. The summed E-state index contributed by atoms with van der Waals surface area (Å²) in [6.07, 6.45) is -1.43. The molecular weight excluding hydrogens is 136 g/mol. The lowest BCUT2D eigenvalue weighted by atomic mass is 10.1. The molecule has 0 radical (unpaired) electrons. The number of aliphatic hydroxyl groups excluding tert-OH is 2. The number of hydrogen-bond acceptors (Lipinski definition) is 4. The van der Waals surface area contributed by atoms with Crippen molar-refractivity contribution >= 4 is 0 Å². The molecule has 4 heteroatoms. The first kappa shape index (κ1) is 6.54. The number of hydrogen-bond donors (Lipinski definition) is 2. The highest BCUT2D eigenvalue weighted by Crippen LogP contribution is 2.27. The van der Waals surface area contributed by atoms with Crippen LogP contribution >= 0.6 is 0 Å². The predicted octanol–water partition coefficient (Wildman–Crippen LogP) is -1.15. The van der Waals surface area contributed by atoms with Gasteiger partial charge in [0.1, 0.15) is 12.2 Å². The normalized spacial score (nSPS) is 53.4. The van der Waals surface area contributed by atoms with Gasteiger partial charge in [-0.25, -0.2) is 0 Å². The monoisotopic (exact) mass is 146 g/mol. The quantitative estimate of drug-likeness (QED) is 0.453. The van der Waals surface area contributed by atoms with Crippen LogP contribution < -0.4 is 0 Å². The van der Waals surface area contributed by atoms with Gasteiger partial charge in [-0.15, -0.1) is 0 Å². The maximum absolute atomic E-state index is 9.27.